The molecule has 0 saturated carbocycles. The maximum absolute atomic E-state index is 12.8. The molecule has 154 valence electrons. The summed E-state index contributed by atoms with van der Waals surface area (Å²) >= 11 is 6.54. The molecule has 3 rings (SSSR count). The van der Waals surface area contributed by atoms with Crippen LogP contribution in [-0.4, -0.2) is 33.8 Å². The molecule has 0 unspecified atom stereocenters. The van der Waals surface area contributed by atoms with Gasteiger partial charge in [0, 0.05) is 24.8 Å². The first-order chi connectivity index (χ1) is 13.7. The summed E-state index contributed by atoms with van der Waals surface area (Å²) in [7, 11) is 1.79. The number of halogens is 1. The summed E-state index contributed by atoms with van der Waals surface area (Å²) in [5.74, 6) is -0.443. The third-order valence-electron chi connectivity index (χ3n) is 4.67. The number of rotatable bonds is 6. The number of aromatic nitrogens is 2. The van der Waals surface area contributed by atoms with E-state index in [1.54, 1.807) is 24.0 Å². The summed E-state index contributed by atoms with van der Waals surface area (Å²) < 4.78 is 1.76. The zero-order valence-corrected chi connectivity index (χ0v) is 17.7. The number of anilines is 2. The SMILES string of the molecule is Cn1c(C(=O)NOCCO)c(Nc2ccc(C(C)(C)C)cc2Cl)c2cnccc21. The van der Waals surface area contributed by atoms with Gasteiger partial charge in [0.05, 0.1) is 35.1 Å². The Bertz CT molecular complexity index is 1040. The number of hydrogen-bond acceptors (Lipinski definition) is 5. The van der Waals surface area contributed by atoms with Crippen LogP contribution in [-0.2, 0) is 17.3 Å². The second-order valence-electron chi connectivity index (χ2n) is 7.75. The molecule has 0 aliphatic rings. The van der Waals surface area contributed by atoms with E-state index in [9.17, 15) is 4.79 Å². The minimum absolute atomic E-state index is 0.0000929. The number of nitrogens with zero attached hydrogens (tertiary/aromatic N) is 2. The van der Waals surface area contributed by atoms with Crippen molar-refractivity contribution in [1.29, 1.82) is 0 Å². The molecule has 3 aromatic rings. The van der Waals surface area contributed by atoms with Crippen LogP contribution in [0, 0.1) is 0 Å². The van der Waals surface area contributed by atoms with Crippen molar-refractivity contribution < 1.29 is 14.7 Å². The quantitative estimate of drug-likeness (QED) is 0.418. The number of pyridine rings is 1. The molecule has 29 heavy (non-hydrogen) atoms. The number of aliphatic hydroxyl groups is 1. The van der Waals surface area contributed by atoms with E-state index in [2.05, 4.69) is 36.6 Å². The van der Waals surface area contributed by atoms with Crippen molar-refractivity contribution in [2.45, 2.75) is 26.2 Å². The highest BCUT2D eigenvalue weighted by Gasteiger charge is 2.23. The lowest BCUT2D eigenvalue weighted by Gasteiger charge is -2.20. The number of nitrogens with one attached hydrogen (secondary N) is 2. The van der Waals surface area contributed by atoms with Gasteiger partial charge in [-0.1, -0.05) is 38.4 Å². The van der Waals surface area contributed by atoms with E-state index in [1.165, 1.54) is 0 Å². The highest BCUT2D eigenvalue weighted by atomic mass is 35.5. The van der Waals surface area contributed by atoms with Crippen molar-refractivity contribution in [3.05, 3.63) is 52.9 Å². The van der Waals surface area contributed by atoms with Gasteiger partial charge in [-0.25, -0.2) is 5.48 Å². The van der Waals surface area contributed by atoms with Crippen LogP contribution in [0.2, 0.25) is 5.02 Å². The van der Waals surface area contributed by atoms with Gasteiger partial charge in [-0.05, 0) is 29.2 Å². The smallest absolute Gasteiger partial charge is 0.293 e. The molecule has 8 heteroatoms. The fraction of sp³-hybridized carbons (Fsp3) is 0.333. The average molecular weight is 417 g/mol. The van der Waals surface area contributed by atoms with Gasteiger partial charge in [0.15, 0.2) is 0 Å². The van der Waals surface area contributed by atoms with E-state index >= 15 is 0 Å². The lowest BCUT2D eigenvalue weighted by Crippen LogP contribution is -2.27. The third-order valence-corrected chi connectivity index (χ3v) is 4.98. The van der Waals surface area contributed by atoms with Crippen molar-refractivity contribution in [3.8, 4) is 0 Å². The highest BCUT2D eigenvalue weighted by Crippen LogP contribution is 2.36. The summed E-state index contributed by atoms with van der Waals surface area (Å²) in [4.78, 5) is 22.0. The van der Waals surface area contributed by atoms with E-state index in [0.717, 1.165) is 16.5 Å². The van der Waals surface area contributed by atoms with Gasteiger partial charge in [0.25, 0.3) is 5.91 Å². The summed E-state index contributed by atoms with van der Waals surface area (Å²) in [5.41, 5.74) is 5.90. The Labute approximate surface area is 174 Å². The molecule has 0 atom stereocenters. The van der Waals surface area contributed by atoms with Crippen molar-refractivity contribution >= 4 is 39.8 Å². The van der Waals surface area contributed by atoms with Gasteiger partial charge < -0.3 is 15.0 Å². The Morgan fingerprint density at radius 2 is 2.07 bits per heavy atom. The Morgan fingerprint density at radius 1 is 1.31 bits per heavy atom. The number of benzene rings is 1. The monoisotopic (exact) mass is 416 g/mol. The van der Waals surface area contributed by atoms with Crippen LogP contribution in [0.1, 0.15) is 36.8 Å². The lowest BCUT2D eigenvalue weighted by atomic mass is 9.87. The number of hydroxylamine groups is 1. The molecular formula is C21H25ClN4O3. The molecular weight excluding hydrogens is 392 g/mol. The molecule has 0 fully saturated rings. The van der Waals surface area contributed by atoms with E-state index in [4.69, 9.17) is 21.5 Å². The van der Waals surface area contributed by atoms with Crippen LogP contribution in [0.4, 0.5) is 11.4 Å². The van der Waals surface area contributed by atoms with Gasteiger partial charge in [-0.15, -0.1) is 0 Å². The summed E-state index contributed by atoms with van der Waals surface area (Å²) in [6.45, 7) is 6.17. The van der Waals surface area contributed by atoms with Gasteiger partial charge >= 0.3 is 0 Å². The van der Waals surface area contributed by atoms with Crippen LogP contribution >= 0.6 is 11.6 Å². The largest absolute Gasteiger partial charge is 0.394 e. The number of hydrogen-bond donors (Lipinski definition) is 3. The number of carbonyl (C=O) groups excluding carboxylic acids is 1. The van der Waals surface area contributed by atoms with E-state index in [-0.39, 0.29) is 18.6 Å². The van der Waals surface area contributed by atoms with Crippen LogP contribution in [0.3, 0.4) is 0 Å². The van der Waals surface area contributed by atoms with Gasteiger partial charge in [-0.2, -0.15) is 0 Å². The van der Waals surface area contributed by atoms with Crippen molar-refractivity contribution in [2.24, 2.45) is 7.05 Å². The van der Waals surface area contributed by atoms with Crippen molar-refractivity contribution in [1.82, 2.24) is 15.0 Å². The van der Waals surface area contributed by atoms with Crippen LogP contribution in [0.15, 0.2) is 36.7 Å². The average Bonchev–Trinajstić information content (AvgIpc) is 2.95. The zero-order valence-electron chi connectivity index (χ0n) is 16.9. The third kappa shape index (κ3) is 4.37. The fourth-order valence-electron chi connectivity index (χ4n) is 3.11. The second kappa shape index (κ2) is 8.41. The molecule has 0 saturated heterocycles. The predicted molar refractivity (Wildman–Crippen MR) is 115 cm³/mol. The Hall–Kier alpha value is -2.61. The van der Waals surface area contributed by atoms with Crippen LogP contribution in [0.5, 0.6) is 0 Å². The number of carbonyl (C=O) groups is 1. The number of amides is 1. The second-order valence-corrected chi connectivity index (χ2v) is 8.16. The van der Waals surface area contributed by atoms with Crippen LogP contribution < -0.4 is 10.8 Å². The van der Waals surface area contributed by atoms with E-state index in [0.29, 0.717) is 22.1 Å². The summed E-state index contributed by atoms with van der Waals surface area (Å²) in [5, 5.41) is 13.5. The molecule has 7 nitrogen and oxygen atoms in total. The maximum Gasteiger partial charge on any atom is 0.293 e. The molecule has 0 radical (unpaired) electrons. The number of fused-ring (bicyclic) bond motifs is 1. The van der Waals surface area contributed by atoms with Gasteiger partial charge in [0.2, 0.25) is 0 Å². The lowest BCUT2D eigenvalue weighted by molar-refractivity contribution is 0.0163. The molecule has 0 spiro atoms. The zero-order chi connectivity index (χ0) is 21.2. The first-order valence-electron chi connectivity index (χ1n) is 9.26. The Balaban J connectivity index is 2.04. The minimum Gasteiger partial charge on any atom is -0.394 e. The molecule has 3 N–H and O–H groups in total. The molecule has 0 bridgehead atoms. The summed E-state index contributed by atoms with van der Waals surface area (Å²) in [6.07, 6.45) is 3.36. The van der Waals surface area contributed by atoms with Crippen LogP contribution in [0.25, 0.3) is 10.9 Å². The topological polar surface area (TPSA) is 88.4 Å². The normalized spacial score (nSPS) is 11.7. The van der Waals surface area contributed by atoms with Crippen molar-refractivity contribution in [3.63, 3.8) is 0 Å². The maximum atomic E-state index is 12.8. The molecule has 2 aromatic heterocycles. The summed E-state index contributed by atoms with van der Waals surface area (Å²) in [6, 6.07) is 7.68. The minimum atomic E-state index is -0.443. The molecule has 1 amide bonds. The van der Waals surface area contributed by atoms with E-state index in [1.807, 2.05) is 24.3 Å². The van der Waals surface area contributed by atoms with Gasteiger partial charge in [0.1, 0.15) is 5.69 Å². The Kier molecular flexibility index (Phi) is 6.12. The highest BCUT2D eigenvalue weighted by molar-refractivity contribution is 6.33. The van der Waals surface area contributed by atoms with E-state index < -0.39 is 5.91 Å². The van der Waals surface area contributed by atoms with Crippen molar-refractivity contribution in [2.75, 3.05) is 18.5 Å². The molecule has 2 heterocycles. The molecule has 0 aliphatic heterocycles. The molecule has 0 aliphatic carbocycles. The number of aryl methyl sites for hydroxylation is 1. The number of aliphatic hydroxyl groups excluding tert-OH is 1. The fourth-order valence-corrected chi connectivity index (χ4v) is 3.34. The Morgan fingerprint density at radius 3 is 2.72 bits per heavy atom. The first kappa shape index (κ1) is 21.1. The standard InChI is InChI=1S/C21H25ClN4O3/c1-21(2,3)13-5-6-16(15(22)11-13)24-18-14-12-23-8-7-17(14)26(4)19(18)20(28)25-29-10-9-27/h5-8,11-12,24,27H,9-10H2,1-4H3,(H,25,28). The molecule has 1 aromatic carbocycles. The predicted octanol–water partition coefficient (Wildman–Crippen LogP) is 3.92. The first-order valence-corrected chi connectivity index (χ1v) is 9.64. The van der Waals surface area contributed by atoms with Gasteiger partial charge in [-0.3, -0.25) is 14.6 Å².